The van der Waals surface area contributed by atoms with Crippen molar-refractivity contribution >= 4 is 5.97 Å². The number of carboxylic acids is 1. The molecule has 0 aliphatic carbocycles. The summed E-state index contributed by atoms with van der Waals surface area (Å²) in [5, 5.41) is 15.9. The lowest BCUT2D eigenvalue weighted by molar-refractivity contribution is 0.0650. The van der Waals surface area contributed by atoms with Crippen molar-refractivity contribution in [3.05, 3.63) is 11.8 Å². The van der Waals surface area contributed by atoms with Crippen molar-refractivity contribution < 1.29 is 14.3 Å². The molecule has 1 aromatic rings. The van der Waals surface area contributed by atoms with Gasteiger partial charge in [0.1, 0.15) is 0 Å². The second-order valence-electron chi connectivity index (χ2n) is 3.52. The van der Waals surface area contributed by atoms with Gasteiger partial charge in [0.15, 0.2) is 0 Å². The maximum atomic E-state index is 10.6. The lowest BCUT2D eigenvalue weighted by Gasteiger charge is -2.09. The van der Waals surface area contributed by atoms with E-state index in [9.17, 15) is 4.79 Å². The highest BCUT2D eigenvalue weighted by atomic mass is 16.4. The molecule has 15 heavy (non-hydrogen) atoms. The molecule has 84 valence electrons. The van der Waals surface area contributed by atoms with Crippen molar-refractivity contribution in [3.8, 4) is 0 Å². The third-order valence-corrected chi connectivity index (χ3v) is 2.25. The van der Waals surface area contributed by atoms with Crippen LogP contribution >= 0.6 is 0 Å². The van der Waals surface area contributed by atoms with Crippen molar-refractivity contribution in [1.82, 2.24) is 10.2 Å². The Morgan fingerprint density at radius 2 is 1.93 bits per heavy atom. The minimum absolute atomic E-state index is 0.195. The maximum Gasteiger partial charge on any atom is 0.393 e. The topological polar surface area (TPSA) is 76.2 Å². The molecule has 1 heterocycles. The molecule has 1 aromatic heterocycles. The number of carboxylic acid groups (broad SMARTS) is 1. The molecule has 0 aliphatic rings. The number of carbonyl (C=O) groups is 1. The van der Waals surface area contributed by atoms with Crippen LogP contribution in [-0.4, -0.2) is 21.3 Å². The molecule has 0 radical (unpaired) electrons. The smallest absolute Gasteiger partial charge is 0.393 e. The summed E-state index contributed by atoms with van der Waals surface area (Å²) in [6.45, 7) is 4.16. The predicted octanol–water partition coefficient (Wildman–Crippen LogP) is 2.45. The first-order valence-electron chi connectivity index (χ1n) is 5.25. The third kappa shape index (κ3) is 3.04. The van der Waals surface area contributed by atoms with Crippen LogP contribution in [0.4, 0.5) is 0 Å². The Morgan fingerprint density at radius 1 is 1.33 bits per heavy atom. The number of hydrogen-bond acceptors (Lipinski definition) is 4. The number of rotatable bonds is 6. The van der Waals surface area contributed by atoms with Crippen molar-refractivity contribution in [2.24, 2.45) is 0 Å². The van der Waals surface area contributed by atoms with Crippen LogP contribution in [0.2, 0.25) is 0 Å². The lowest BCUT2D eigenvalue weighted by atomic mass is 9.98. The van der Waals surface area contributed by atoms with Crippen molar-refractivity contribution in [2.75, 3.05) is 0 Å². The van der Waals surface area contributed by atoms with E-state index >= 15 is 0 Å². The second kappa shape index (κ2) is 5.48. The Balaban J connectivity index is 2.76. The molecule has 5 nitrogen and oxygen atoms in total. The Morgan fingerprint density at radius 3 is 2.33 bits per heavy atom. The molecule has 0 unspecified atom stereocenters. The number of aromatic carboxylic acids is 1. The van der Waals surface area contributed by atoms with Crippen molar-refractivity contribution in [1.29, 1.82) is 0 Å². The van der Waals surface area contributed by atoms with Gasteiger partial charge >= 0.3 is 11.9 Å². The number of aromatic nitrogens is 2. The summed E-state index contributed by atoms with van der Waals surface area (Å²) >= 11 is 0. The van der Waals surface area contributed by atoms with Gasteiger partial charge in [0, 0.05) is 5.92 Å². The van der Waals surface area contributed by atoms with E-state index in [0.29, 0.717) is 5.89 Å². The summed E-state index contributed by atoms with van der Waals surface area (Å²) < 4.78 is 5.09. The van der Waals surface area contributed by atoms with Gasteiger partial charge in [-0.25, -0.2) is 4.79 Å². The summed E-state index contributed by atoms with van der Waals surface area (Å²) in [5.41, 5.74) is 0. The normalized spacial score (nSPS) is 10.9. The van der Waals surface area contributed by atoms with Gasteiger partial charge in [0.2, 0.25) is 5.89 Å². The molecule has 0 atom stereocenters. The zero-order valence-electron chi connectivity index (χ0n) is 9.06. The molecule has 0 spiro atoms. The van der Waals surface area contributed by atoms with E-state index in [1.54, 1.807) is 0 Å². The van der Waals surface area contributed by atoms with Gasteiger partial charge in [-0.1, -0.05) is 26.7 Å². The van der Waals surface area contributed by atoms with E-state index in [-0.39, 0.29) is 11.8 Å². The minimum Gasteiger partial charge on any atom is -0.474 e. The third-order valence-electron chi connectivity index (χ3n) is 2.25. The average molecular weight is 212 g/mol. The Labute approximate surface area is 88.5 Å². The fraction of sp³-hybridized carbons (Fsp3) is 0.700. The van der Waals surface area contributed by atoms with E-state index < -0.39 is 5.97 Å². The summed E-state index contributed by atoms with van der Waals surface area (Å²) in [4.78, 5) is 10.6. The summed E-state index contributed by atoms with van der Waals surface area (Å²) in [6, 6.07) is 0. The highest BCUT2D eigenvalue weighted by Gasteiger charge is 2.19. The number of hydrogen-bond donors (Lipinski definition) is 1. The highest BCUT2D eigenvalue weighted by Crippen LogP contribution is 2.24. The molecule has 0 saturated carbocycles. The van der Waals surface area contributed by atoms with Gasteiger partial charge in [0.05, 0.1) is 0 Å². The van der Waals surface area contributed by atoms with Crippen LogP contribution in [0.15, 0.2) is 4.42 Å². The van der Waals surface area contributed by atoms with Crippen LogP contribution in [0.25, 0.3) is 0 Å². The fourth-order valence-electron chi connectivity index (χ4n) is 1.57. The first-order valence-corrected chi connectivity index (χ1v) is 5.25. The Kier molecular flexibility index (Phi) is 4.27. The molecule has 0 aliphatic heterocycles. The van der Waals surface area contributed by atoms with Crippen LogP contribution in [-0.2, 0) is 0 Å². The van der Waals surface area contributed by atoms with Crippen molar-refractivity contribution in [2.45, 2.75) is 45.4 Å². The quantitative estimate of drug-likeness (QED) is 0.783. The second-order valence-corrected chi connectivity index (χ2v) is 3.52. The van der Waals surface area contributed by atoms with E-state index in [1.165, 1.54) is 0 Å². The van der Waals surface area contributed by atoms with Crippen molar-refractivity contribution in [3.63, 3.8) is 0 Å². The summed E-state index contributed by atoms with van der Waals surface area (Å²) in [7, 11) is 0. The molecule has 0 bridgehead atoms. The van der Waals surface area contributed by atoms with E-state index in [0.717, 1.165) is 25.7 Å². The van der Waals surface area contributed by atoms with Gasteiger partial charge in [-0.15, -0.1) is 10.2 Å². The lowest BCUT2D eigenvalue weighted by Crippen LogP contribution is -1.98. The van der Waals surface area contributed by atoms with Crippen LogP contribution in [0.3, 0.4) is 0 Å². The van der Waals surface area contributed by atoms with Gasteiger partial charge in [0.25, 0.3) is 0 Å². The highest BCUT2D eigenvalue weighted by molar-refractivity contribution is 5.81. The molecular weight excluding hydrogens is 196 g/mol. The molecule has 1 N–H and O–H groups in total. The SMILES string of the molecule is CCCC(CCC)c1nnc(C(=O)O)o1. The molecule has 0 saturated heterocycles. The molecule has 5 heteroatoms. The van der Waals surface area contributed by atoms with Crippen LogP contribution < -0.4 is 0 Å². The zero-order chi connectivity index (χ0) is 11.3. The van der Waals surface area contributed by atoms with Gasteiger partial charge in [-0.2, -0.15) is 0 Å². The first-order chi connectivity index (χ1) is 7.19. The van der Waals surface area contributed by atoms with Gasteiger partial charge in [-0.3, -0.25) is 0 Å². The first kappa shape index (κ1) is 11.7. The molecule has 0 aromatic carbocycles. The monoisotopic (exact) mass is 212 g/mol. The van der Waals surface area contributed by atoms with E-state index in [2.05, 4.69) is 24.0 Å². The Hall–Kier alpha value is -1.39. The van der Waals surface area contributed by atoms with Gasteiger partial charge in [-0.05, 0) is 12.8 Å². The summed E-state index contributed by atoms with van der Waals surface area (Å²) in [6.07, 6.45) is 3.95. The van der Waals surface area contributed by atoms with Crippen LogP contribution in [0.1, 0.15) is 62.0 Å². The molecule has 0 amide bonds. The average Bonchev–Trinajstić information content (AvgIpc) is 2.66. The molecule has 1 rings (SSSR count). The molecular formula is C10H16N2O3. The number of nitrogens with zero attached hydrogens (tertiary/aromatic N) is 2. The minimum atomic E-state index is -1.17. The summed E-state index contributed by atoms with van der Waals surface area (Å²) in [5.74, 6) is -0.834. The van der Waals surface area contributed by atoms with Crippen LogP contribution in [0, 0.1) is 0 Å². The van der Waals surface area contributed by atoms with E-state index in [4.69, 9.17) is 9.52 Å². The van der Waals surface area contributed by atoms with Gasteiger partial charge < -0.3 is 9.52 Å². The standard InChI is InChI=1S/C10H16N2O3/c1-3-5-7(6-4-2)8-11-12-9(15-8)10(13)14/h7H,3-6H2,1-2H3,(H,13,14). The van der Waals surface area contributed by atoms with Crippen LogP contribution in [0.5, 0.6) is 0 Å². The zero-order valence-corrected chi connectivity index (χ0v) is 9.06. The van der Waals surface area contributed by atoms with E-state index in [1.807, 2.05) is 0 Å². The predicted molar refractivity (Wildman–Crippen MR) is 53.8 cm³/mol. The largest absolute Gasteiger partial charge is 0.474 e. The fourth-order valence-corrected chi connectivity index (χ4v) is 1.57. The molecule has 0 fully saturated rings. The Bertz CT molecular complexity index is 316. The maximum absolute atomic E-state index is 10.6.